The van der Waals surface area contributed by atoms with Crippen LogP contribution in [-0.4, -0.2) is 42.6 Å². The van der Waals surface area contributed by atoms with Crippen molar-refractivity contribution in [2.24, 2.45) is 5.73 Å². The van der Waals surface area contributed by atoms with Gasteiger partial charge in [0.1, 0.15) is 0 Å². The molecule has 1 rings (SSSR count). The van der Waals surface area contributed by atoms with Crippen molar-refractivity contribution in [2.45, 2.75) is 44.6 Å². The Morgan fingerprint density at radius 2 is 1.87 bits per heavy atom. The summed E-state index contributed by atoms with van der Waals surface area (Å²) in [6.45, 7) is 3.40. The fraction of sp³-hybridized carbons (Fsp3) is 1.00. The first kappa shape index (κ1) is 13.3. The quantitative estimate of drug-likeness (QED) is 0.710. The van der Waals surface area contributed by atoms with Gasteiger partial charge < -0.3 is 5.73 Å². The lowest BCUT2D eigenvalue weighted by atomic mass is 10.1. The lowest BCUT2D eigenvalue weighted by molar-refractivity contribution is 0.197. The van der Waals surface area contributed by atoms with Gasteiger partial charge in [0.05, 0.1) is 0 Å². The van der Waals surface area contributed by atoms with Gasteiger partial charge in [0, 0.05) is 12.6 Å². The van der Waals surface area contributed by atoms with E-state index in [9.17, 15) is 0 Å². The summed E-state index contributed by atoms with van der Waals surface area (Å²) in [5.41, 5.74) is 5.89. The van der Waals surface area contributed by atoms with E-state index < -0.39 is 0 Å². The second kappa shape index (κ2) is 8.43. The van der Waals surface area contributed by atoms with E-state index in [2.05, 4.69) is 11.2 Å². The van der Waals surface area contributed by atoms with Crippen molar-refractivity contribution in [3.63, 3.8) is 0 Å². The van der Waals surface area contributed by atoms with E-state index in [4.69, 9.17) is 5.73 Å². The van der Waals surface area contributed by atoms with Crippen molar-refractivity contribution in [2.75, 3.05) is 31.6 Å². The Morgan fingerprint density at radius 1 is 1.20 bits per heavy atom. The molecular formula is C12H26N2S. The summed E-state index contributed by atoms with van der Waals surface area (Å²) in [5.74, 6) is 1.28. The summed E-state index contributed by atoms with van der Waals surface area (Å²) in [5, 5.41) is 0. The molecule has 2 N–H and O–H groups in total. The summed E-state index contributed by atoms with van der Waals surface area (Å²) in [4.78, 5) is 2.63. The van der Waals surface area contributed by atoms with Crippen LogP contribution in [0.15, 0.2) is 0 Å². The van der Waals surface area contributed by atoms with Crippen molar-refractivity contribution in [3.8, 4) is 0 Å². The Morgan fingerprint density at radius 3 is 2.40 bits per heavy atom. The van der Waals surface area contributed by atoms with E-state index in [0.29, 0.717) is 6.04 Å². The zero-order valence-corrected chi connectivity index (χ0v) is 10.9. The molecule has 1 fully saturated rings. The minimum atomic E-state index is 0.648. The first-order chi connectivity index (χ1) is 7.38. The molecule has 0 aromatic rings. The predicted molar refractivity (Wildman–Crippen MR) is 70.5 cm³/mol. The van der Waals surface area contributed by atoms with Crippen molar-refractivity contribution in [3.05, 3.63) is 0 Å². The van der Waals surface area contributed by atoms with Crippen LogP contribution in [0.5, 0.6) is 0 Å². The molecule has 15 heavy (non-hydrogen) atoms. The number of likely N-dealkylation sites (tertiary alicyclic amines) is 1. The van der Waals surface area contributed by atoms with Crippen LogP contribution in [0.1, 0.15) is 38.5 Å². The highest BCUT2D eigenvalue weighted by molar-refractivity contribution is 7.98. The van der Waals surface area contributed by atoms with Gasteiger partial charge in [0.25, 0.3) is 0 Å². The van der Waals surface area contributed by atoms with Gasteiger partial charge in [-0.3, -0.25) is 4.90 Å². The van der Waals surface area contributed by atoms with E-state index in [1.807, 2.05) is 11.8 Å². The maximum Gasteiger partial charge on any atom is 0.0218 e. The number of nitrogens with zero attached hydrogens (tertiary/aromatic N) is 1. The standard InChI is InChI=1S/C12H26N2S/c1-15-10-6-7-12(11-13)14-8-4-2-3-5-9-14/h12H,2-11,13H2,1H3. The maximum absolute atomic E-state index is 5.89. The average molecular weight is 230 g/mol. The van der Waals surface area contributed by atoms with Gasteiger partial charge in [0.15, 0.2) is 0 Å². The van der Waals surface area contributed by atoms with Crippen LogP contribution < -0.4 is 5.73 Å². The Hall–Kier alpha value is 0.270. The van der Waals surface area contributed by atoms with E-state index in [0.717, 1.165) is 6.54 Å². The SMILES string of the molecule is CSCCCC(CN)N1CCCCCC1. The summed E-state index contributed by atoms with van der Waals surface area (Å²) in [6, 6.07) is 0.648. The van der Waals surface area contributed by atoms with Gasteiger partial charge in [-0.1, -0.05) is 12.8 Å². The molecule has 0 amide bonds. The molecule has 0 aromatic carbocycles. The molecule has 0 aliphatic carbocycles. The van der Waals surface area contributed by atoms with Gasteiger partial charge in [-0.2, -0.15) is 11.8 Å². The molecule has 2 nitrogen and oxygen atoms in total. The topological polar surface area (TPSA) is 29.3 Å². The van der Waals surface area contributed by atoms with Crippen molar-refractivity contribution in [1.29, 1.82) is 0 Å². The predicted octanol–water partition coefficient (Wildman–Crippen LogP) is 2.33. The Bertz CT molecular complexity index is 145. The highest BCUT2D eigenvalue weighted by Gasteiger charge is 2.17. The number of hydrogen-bond acceptors (Lipinski definition) is 3. The third-order valence-corrected chi connectivity index (χ3v) is 4.01. The highest BCUT2D eigenvalue weighted by atomic mass is 32.2. The Balaban J connectivity index is 2.27. The number of rotatable bonds is 6. The molecule has 0 aromatic heterocycles. The molecule has 1 unspecified atom stereocenters. The van der Waals surface area contributed by atoms with Crippen molar-refractivity contribution < 1.29 is 0 Å². The lowest BCUT2D eigenvalue weighted by Gasteiger charge is -2.29. The van der Waals surface area contributed by atoms with Crippen LogP contribution >= 0.6 is 11.8 Å². The smallest absolute Gasteiger partial charge is 0.0218 e. The van der Waals surface area contributed by atoms with Crippen LogP contribution in [0.25, 0.3) is 0 Å². The normalized spacial score (nSPS) is 21.2. The maximum atomic E-state index is 5.89. The van der Waals surface area contributed by atoms with Crippen LogP contribution in [0, 0.1) is 0 Å². The van der Waals surface area contributed by atoms with E-state index in [-0.39, 0.29) is 0 Å². The third-order valence-electron chi connectivity index (χ3n) is 3.31. The first-order valence-electron chi connectivity index (χ1n) is 6.31. The van der Waals surface area contributed by atoms with E-state index >= 15 is 0 Å². The molecule has 1 heterocycles. The average Bonchev–Trinajstić information content (AvgIpc) is 2.53. The zero-order chi connectivity index (χ0) is 10.9. The van der Waals surface area contributed by atoms with Crippen molar-refractivity contribution in [1.82, 2.24) is 4.90 Å². The van der Waals surface area contributed by atoms with Gasteiger partial charge >= 0.3 is 0 Å². The van der Waals surface area contributed by atoms with E-state index in [1.54, 1.807) is 0 Å². The molecule has 1 atom stereocenters. The van der Waals surface area contributed by atoms with Gasteiger partial charge in [-0.05, 0) is 50.8 Å². The molecule has 90 valence electrons. The summed E-state index contributed by atoms with van der Waals surface area (Å²) in [6.07, 6.45) is 10.4. The summed E-state index contributed by atoms with van der Waals surface area (Å²) >= 11 is 1.95. The fourth-order valence-corrected chi connectivity index (χ4v) is 2.83. The molecule has 3 heteroatoms. The lowest BCUT2D eigenvalue weighted by Crippen LogP contribution is -2.41. The highest BCUT2D eigenvalue weighted by Crippen LogP contribution is 2.15. The first-order valence-corrected chi connectivity index (χ1v) is 7.71. The molecule has 0 spiro atoms. The molecule has 1 aliphatic rings. The molecule has 1 saturated heterocycles. The van der Waals surface area contributed by atoms with E-state index in [1.165, 1.54) is 57.4 Å². The Kier molecular flexibility index (Phi) is 7.49. The van der Waals surface area contributed by atoms with Gasteiger partial charge in [-0.25, -0.2) is 0 Å². The third kappa shape index (κ3) is 5.23. The molecular weight excluding hydrogens is 204 g/mol. The minimum Gasteiger partial charge on any atom is -0.329 e. The van der Waals surface area contributed by atoms with Crippen LogP contribution in [0.4, 0.5) is 0 Å². The molecule has 1 aliphatic heterocycles. The second-order valence-corrected chi connectivity index (χ2v) is 5.46. The number of nitrogens with two attached hydrogens (primary N) is 1. The monoisotopic (exact) mass is 230 g/mol. The largest absolute Gasteiger partial charge is 0.329 e. The van der Waals surface area contributed by atoms with Crippen LogP contribution in [-0.2, 0) is 0 Å². The summed E-state index contributed by atoms with van der Waals surface area (Å²) in [7, 11) is 0. The van der Waals surface area contributed by atoms with Crippen LogP contribution in [0.3, 0.4) is 0 Å². The Labute approximate surface area is 99.0 Å². The number of hydrogen-bond donors (Lipinski definition) is 1. The van der Waals surface area contributed by atoms with Gasteiger partial charge in [-0.15, -0.1) is 0 Å². The van der Waals surface area contributed by atoms with Gasteiger partial charge in [0.2, 0.25) is 0 Å². The molecule has 0 saturated carbocycles. The van der Waals surface area contributed by atoms with Crippen molar-refractivity contribution >= 4 is 11.8 Å². The van der Waals surface area contributed by atoms with Crippen LogP contribution in [0.2, 0.25) is 0 Å². The second-order valence-electron chi connectivity index (χ2n) is 4.47. The molecule has 0 bridgehead atoms. The summed E-state index contributed by atoms with van der Waals surface area (Å²) < 4.78 is 0. The zero-order valence-electron chi connectivity index (χ0n) is 10.1. The molecule has 0 radical (unpaired) electrons. The minimum absolute atomic E-state index is 0.648. The fourth-order valence-electron chi connectivity index (χ4n) is 2.37. The number of thioether (sulfide) groups is 1.